The second kappa shape index (κ2) is 7.33. The molecule has 1 aromatic rings. The van der Waals surface area contributed by atoms with Crippen LogP contribution in [0.4, 0.5) is 0 Å². The molecule has 1 aromatic carbocycles. The zero-order valence-corrected chi connectivity index (χ0v) is 11.5. The molecule has 96 valence electrons. The smallest absolute Gasteiger partial charge is 0.125 e. The van der Waals surface area contributed by atoms with E-state index < -0.39 is 0 Å². The molecule has 2 heteroatoms. The van der Waals surface area contributed by atoms with Gasteiger partial charge in [0.05, 0.1) is 6.61 Å². The van der Waals surface area contributed by atoms with Crippen molar-refractivity contribution < 1.29 is 4.74 Å². The molecule has 0 radical (unpaired) electrons. The van der Waals surface area contributed by atoms with Crippen LogP contribution in [0.2, 0.25) is 0 Å². The van der Waals surface area contributed by atoms with Crippen molar-refractivity contribution in [3.8, 4) is 5.75 Å². The third-order valence-electron chi connectivity index (χ3n) is 3.18. The summed E-state index contributed by atoms with van der Waals surface area (Å²) in [6.45, 7) is 7.24. The molecule has 0 aromatic heterocycles. The van der Waals surface area contributed by atoms with Gasteiger partial charge < -0.3 is 10.1 Å². The molecule has 0 aliphatic carbocycles. The lowest BCUT2D eigenvalue weighted by atomic mass is 10.1. The highest BCUT2D eigenvalue weighted by atomic mass is 16.5. The van der Waals surface area contributed by atoms with Crippen LogP contribution in [0.5, 0.6) is 5.75 Å². The van der Waals surface area contributed by atoms with Crippen molar-refractivity contribution in [1.29, 1.82) is 0 Å². The summed E-state index contributed by atoms with van der Waals surface area (Å²) < 4.78 is 5.86. The summed E-state index contributed by atoms with van der Waals surface area (Å²) >= 11 is 0. The van der Waals surface area contributed by atoms with Crippen molar-refractivity contribution in [3.05, 3.63) is 29.3 Å². The Balaban J connectivity index is 2.27. The van der Waals surface area contributed by atoms with Crippen LogP contribution in [0.25, 0.3) is 0 Å². The van der Waals surface area contributed by atoms with Gasteiger partial charge in [-0.1, -0.05) is 18.2 Å². The van der Waals surface area contributed by atoms with E-state index in [9.17, 15) is 0 Å². The van der Waals surface area contributed by atoms with Crippen LogP contribution >= 0.6 is 0 Å². The number of nitrogens with one attached hydrogen (secondary N) is 1. The molecule has 0 fully saturated rings. The number of aryl methyl sites for hydroxylation is 2. The van der Waals surface area contributed by atoms with E-state index >= 15 is 0 Å². The van der Waals surface area contributed by atoms with Gasteiger partial charge in [0.2, 0.25) is 0 Å². The van der Waals surface area contributed by atoms with E-state index in [4.69, 9.17) is 4.74 Å². The van der Waals surface area contributed by atoms with Gasteiger partial charge in [0.25, 0.3) is 0 Å². The molecule has 0 heterocycles. The fourth-order valence-electron chi connectivity index (χ4n) is 1.90. The monoisotopic (exact) mass is 235 g/mol. The number of rotatable bonds is 7. The van der Waals surface area contributed by atoms with Crippen molar-refractivity contribution in [1.82, 2.24) is 5.32 Å². The fourth-order valence-corrected chi connectivity index (χ4v) is 1.90. The summed E-state index contributed by atoms with van der Waals surface area (Å²) in [5, 5.41) is 3.25. The molecule has 17 heavy (non-hydrogen) atoms. The minimum Gasteiger partial charge on any atom is -0.493 e. The Morgan fingerprint density at radius 1 is 1.18 bits per heavy atom. The maximum Gasteiger partial charge on any atom is 0.125 e. The number of hydrogen-bond donors (Lipinski definition) is 1. The zero-order valence-electron chi connectivity index (χ0n) is 11.5. The maximum absolute atomic E-state index is 5.86. The molecule has 1 N–H and O–H groups in total. The average molecular weight is 235 g/mol. The third kappa shape index (κ3) is 4.78. The molecule has 0 spiro atoms. The first-order valence-electron chi connectivity index (χ1n) is 6.51. The van der Waals surface area contributed by atoms with Gasteiger partial charge in [0.1, 0.15) is 5.75 Å². The molecule has 1 rings (SSSR count). The van der Waals surface area contributed by atoms with Crippen LogP contribution in [0.15, 0.2) is 18.2 Å². The number of unbranched alkanes of at least 4 members (excludes halogenated alkanes) is 1. The Morgan fingerprint density at radius 3 is 2.41 bits per heavy atom. The van der Waals surface area contributed by atoms with E-state index in [0.29, 0.717) is 6.04 Å². The molecular weight excluding hydrogens is 210 g/mol. The number of para-hydroxylation sites is 1. The quantitative estimate of drug-likeness (QED) is 0.731. The summed E-state index contributed by atoms with van der Waals surface area (Å²) in [5.41, 5.74) is 2.46. The Bertz CT molecular complexity index is 315. The summed E-state index contributed by atoms with van der Waals surface area (Å²) in [6, 6.07) is 6.89. The summed E-state index contributed by atoms with van der Waals surface area (Å²) in [7, 11) is 2.01. The Kier molecular flexibility index (Phi) is 6.06. The van der Waals surface area contributed by atoms with Gasteiger partial charge in [0, 0.05) is 6.04 Å². The van der Waals surface area contributed by atoms with E-state index in [-0.39, 0.29) is 0 Å². The number of benzene rings is 1. The fraction of sp³-hybridized carbons (Fsp3) is 0.600. The molecule has 0 bridgehead atoms. The molecule has 1 atom stereocenters. The second-order valence-corrected chi connectivity index (χ2v) is 4.75. The van der Waals surface area contributed by atoms with Gasteiger partial charge in [-0.2, -0.15) is 0 Å². The molecule has 1 unspecified atom stereocenters. The van der Waals surface area contributed by atoms with Crippen molar-refractivity contribution >= 4 is 0 Å². The van der Waals surface area contributed by atoms with Crippen LogP contribution < -0.4 is 10.1 Å². The highest BCUT2D eigenvalue weighted by Crippen LogP contribution is 2.22. The molecule has 0 aliphatic heterocycles. The Labute approximate surface area is 105 Å². The zero-order chi connectivity index (χ0) is 12.7. The van der Waals surface area contributed by atoms with Gasteiger partial charge in [-0.25, -0.2) is 0 Å². The van der Waals surface area contributed by atoms with E-state index in [1.54, 1.807) is 0 Å². The normalized spacial score (nSPS) is 12.5. The first-order chi connectivity index (χ1) is 8.15. The summed E-state index contributed by atoms with van der Waals surface area (Å²) in [6.07, 6.45) is 3.55. The van der Waals surface area contributed by atoms with Crippen molar-refractivity contribution in [2.24, 2.45) is 0 Å². The van der Waals surface area contributed by atoms with Crippen LogP contribution in [0.3, 0.4) is 0 Å². The van der Waals surface area contributed by atoms with Gasteiger partial charge in [-0.15, -0.1) is 0 Å². The lowest BCUT2D eigenvalue weighted by Gasteiger charge is -2.13. The lowest BCUT2D eigenvalue weighted by Crippen LogP contribution is -2.20. The molecule has 0 saturated carbocycles. The minimum atomic E-state index is 0.607. The maximum atomic E-state index is 5.86. The Morgan fingerprint density at radius 2 is 1.82 bits per heavy atom. The van der Waals surface area contributed by atoms with Crippen molar-refractivity contribution in [3.63, 3.8) is 0 Å². The van der Waals surface area contributed by atoms with Crippen molar-refractivity contribution in [2.75, 3.05) is 13.7 Å². The highest BCUT2D eigenvalue weighted by molar-refractivity contribution is 5.39. The second-order valence-electron chi connectivity index (χ2n) is 4.75. The summed E-state index contributed by atoms with van der Waals surface area (Å²) in [5.74, 6) is 1.06. The van der Waals surface area contributed by atoms with E-state index in [1.165, 1.54) is 24.0 Å². The standard InChI is InChI=1S/C15H25NO/c1-12-8-7-9-13(2)15(12)17-11-6-5-10-14(3)16-4/h7-9,14,16H,5-6,10-11H2,1-4H3. The van der Waals surface area contributed by atoms with Gasteiger partial charge >= 0.3 is 0 Å². The number of ether oxygens (including phenoxy) is 1. The topological polar surface area (TPSA) is 21.3 Å². The third-order valence-corrected chi connectivity index (χ3v) is 3.18. The lowest BCUT2D eigenvalue weighted by molar-refractivity contribution is 0.298. The highest BCUT2D eigenvalue weighted by Gasteiger charge is 2.03. The van der Waals surface area contributed by atoms with Gasteiger partial charge in [0.15, 0.2) is 0 Å². The molecule has 0 aliphatic rings. The predicted molar refractivity (Wildman–Crippen MR) is 73.8 cm³/mol. The largest absolute Gasteiger partial charge is 0.493 e. The SMILES string of the molecule is CNC(C)CCCCOc1c(C)cccc1C. The van der Waals surface area contributed by atoms with Crippen molar-refractivity contribution in [2.45, 2.75) is 46.1 Å². The number of hydrogen-bond acceptors (Lipinski definition) is 2. The summed E-state index contributed by atoms with van der Waals surface area (Å²) in [4.78, 5) is 0. The first kappa shape index (κ1) is 14.0. The van der Waals surface area contributed by atoms with Crippen LogP contribution in [0, 0.1) is 13.8 Å². The average Bonchev–Trinajstić information content (AvgIpc) is 2.31. The predicted octanol–water partition coefficient (Wildman–Crippen LogP) is 3.46. The molecule has 0 saturated heterocycles. The Hall–Kier alpha value is -1.02. The minimum absolute atomic E-state index is 0.607. The van der Waals surface area contributed by atoms with E-state index in [0.717, 1.165) is 18.8 Å². The van der Waals surface area contributed by atoms with Gasteiger partial charge in [-0.3, -0.25) is 0 Å². The first-order valence-corrected chi connectivity index (χ1v) is 6.51. The molecule has 2 nitrogen and oxygen atoms in total. The van der Waals surface area contributed by atoms with Crippen LogP contribution in [0.1, 0.15) is 37.3 Å². The van der Waals surface area contributed by atoms with E-state index in [2.05, 4.69) is 44.3 Å². The van der Waals surface area contributed by atoms with Crippen LogP contribution in [-0.2, 0) is 0 Å². The van der Waals surface area contributed by atoms with E-state index in [1.807, 2.05) is 7.05 Å². The molecular formula is C15H25NO. The van der Waals surface area contributed by atoms with Crippen LogP contribution in [-0.4, -0.2) is 19.7 Å². The van der Waals surface area contributed by atoms with Gasteiger partial charge in [-0.05, 0) is 58.2 Å². The molecule has 0 amide bonds.